The molecule has 0 atom stereocenters. The molecule has 11 heteroatoms. The Morgan fingerprint density at radius 2 is 1.85 bits per heavy atom. The summed E-state index contributed by atoms with van der Waals surface area (Å²) < 4.78 is 59.2. The number of carbonyl (C=O) groups excluding carboxylic acids is 1. The molecular weight excluding hydrogens is 472 g/mol. The Morgan fingerprint density at radius 3 is 2.58 bits per heavy atom. The largest absolute Gasteiger partial charge is 0.379 e. The lowest BCUT2D eigenvalue weighted by molar-refractivity contribution is -0.111. The van der Waals surface area contributed by atoms with E-state index >= 15 is 0 Å². The van der Waals surface area contributed by atoms with E-state index in [1.165, 1.54) is 41.7 Å². The SMILES string of the molecule is O=C(/C=C/c1csc(-c2ccc(F)cc2)n1)Nc1ccc(F)c(S(=O)(=O)N2CCOCC2)c1. The van der Waals surface area contributed by atoms with E-state index in [1.54, 1.807) is 17.5 Å². The van der Waals surface area contributed by atoms with Crippen LogP contribution in [0.4, 0.5) is 14.5 Å². The highest BCUT2D eigenvalue weighted by Crippen LogP contribution is 2.25. The number of aromatic nitrogens is 1. The van der Waals surface area contributed by atoms with Gasteiger partial charge in [0.15, 0.2) is 0 Å². The molecule has 0 unspecified atom stereocenters. The first-order valence-corrected chi connectivity index (χ1v) is 12.2. The van der Waals surface area contributed by atoms with Crippen LogP contribution in [0.25, 0.3) is 16.6 Å². The van der Waals surface area contributed by atoms with Gasteiger partial charge in [-0.15, -0.1) is 11.3 Å². The second kappa shape index (κ2) is 9.87. The molecule has 1 N–H and O–H groups in total. The molecule has 4 rings (SSSR count). The third kappa shape index (κ3) is 5.50. The van der Waals surface area contributed by atoms with Crippen LogP contribution in [0.1, 0.15) is 5.69 Å². The van der Waals surface area contributed by atoms with Crippen LogP contribution in [0.2, 0.25) is 0 Å². The summed E-state index contributed by atoms with van der Waals surface area (Å²) in [4.78, 5) is 16.2. The maximum atomic E-state index is 14.3. The molecule has 1 aliphatic rings. The first kappa shape index (κ1) is 23.2. The highest BCUT2D eigenvalue weighted by Gasteiger charge is 2.29. The second-order valence-corrected chi connectivity index (χ2v) is 9.83. The summed E-state index contributed by atoms with van der Waals surface area (Å²) in [5.41, 5.74) is 1.43. The van der Waals surface area contributed by atoms with Crippen LogP contribution < -0.4 is 5.32 Å². The van der Waals surface area contributed by atoms with Gasteiger partial charge in [0.1, 0.15) is 21.5 Å². The first-order chi connectivity index (χ1) is 15.8. The van der Waals surface area contributed by atoms with E-state index in [2.05, 4.69) is 10.3 Å². The molecule has 33 heavy (non-hydrogen) atoms. The van der Waals surface area contributed by atoms with Crippen molar-refractivity contribution in [2.24, 2.45) is 0 Å². The fourth-order valence-corrected chi connectivity index (χ4v) is 5.43. The molecular formula is C22H19F2N3O4S2. The first-order valence-electron chi connectivity index (χ1n) is 9.91. The highest BCUT2D eigenvalue weighted by atomic mass is 32.2. The van der Waals surface area contributed by atoms with Crippen molar-refractivity contribution in [2.45, 2.75) is 4.90 Å². The van der Waals surface area contributed by atoms with Gasteiger partial charge in [0.05, 0.1) is 18.9 Å². The molecule has 2 heterocycles. The number of ether oxygens (including phenoxy) is 1. The van der Waals surface area contributed by atoms with Crippen molar-refractivity contribution in [3.63, 3.8) is 0 Å². The van der Waals surface area contributed by atoms with E-state index in [9.17, 15) is 22.0 Å². The van der Waals surface area contributed by atoms with E-state index in [0.29, 0.717) is 10.7 Å². The van der Waals surface area contributed by atoms with Crippen molar-refractivity contribution in [2.75, 3.05) is 31.6 Å². The Bertz CT molecular complexity index is 1290. The summed E-state index contributed by atoms with van der Waals surface area (Å²) in [5, 5.41) is 4.95. The zero-order valence-corrected chi connectivity index (χ0v) is 18.8. The van der Waals surface area contributed by atoms with Crippen molar-refractivity contribution in [3.05, 3.63) is 71.2 Å². The van der Waals surface area contributed by atoms with Gasteiger partial charge in [-0.25, -0.2) is 22.2 Å². The van der Waals surface area contributed by atoms with Gasteiger partial charge in [0.2, 0.25) is 15.9 Å². The zero-order chi connectivity index (χ0) is 23.4. The monoisotopic (exact) mass is 491 g/mol. The lowest BCUT2D eigenvalue weighted by Crippen LogP contribution is -2.40. The number of thiazole rings is 1. The average Bonchev–Trinajstić information content (AvgIpc) is 3.29. The summed E-state index contributed by atoms with van der Waals surface area (Å²) in [6.07, 6.45) is 2.73. The Balaban J connectivity index is 1.45. The summed E-state index contributed by atoms with van der Waals surface area (Å²) in [5.74, 6) is -1.77. The summed E-state index contributed by atoms with van der Waals surface area (Å²) in [6.45, 7) is 0.742. The molecule has 7 nitrogen and oxygen atoms in total. The van der Waals surface area contributed by atoms with Crippen molar-refractivity contribution < 1.29 is 26.7 Å². The van der Waals surface area contributed by atoms with Crippen LogP contribution >= 0.6 is 11.3 Å². The minimum absolute atomic E-state index is 0.134. The summed E-state index contributed by atoms with van der Waals surface area (Å²) >= 11 is 1.35. The molecule has 172 valence electrons. The Hall–Kier alpha value is -2.99. The van der Waals surface area contributed by atoms with Crippen LogP contribution in [0, 0.1) is 11.6 Å². The minimum Gasteiger partial charge on any atom is -0.379 e. The van der Waals surface area contributed by atoms with E-state index < -0.39 is 26.6 Å². The molecule has 2 aromatic carbocycles. The van der Waals surface area contributed by atoms with Gasteiger partial charge in [0, 0.05) is 35.8 Å². The Morgan fingerprint density at radius 1 is 1.12 bits per heavy atom. The Kier molecular flexibility index (Phi) is 6.94. The maximum Gasteiger partial charge on any atom is 0.248 e. The van der Waals surface area contributed by atoms with E-state index in [4.69, 9.17) is 4.74 Å². The topological polar surface area (TPSA) is 88.6 Å². The molecule has 1 fully saturated rings. The molecule has 0 bridgehead atoms. The molecule has 1 saturated heterocycles. The number of morpholine rings is 1. The average molecular weight is 492 g/mol. The smallest absolute Gasteiger partial charge is 0.248 e. The fraction of sp³-hybridized carbons (Fsp3) is 0.182. The van der Waals surface area contributed by atoms with Gasteiger partial charge in [0.25, 0.3) is 0 Å². The van der Waals surface area contributed by atoms with Gasteiger partial charge in [-0.05, 0) is 48.5 Å². The maximum absolute atomic E-state index is 14.3. The number of hydrogen-bond donors (Lipinski definition) is 1. The zero-order valence-electron chi connectivity index (χ0n) is 17.2. The van der Waals surface area contributed by atoms with Gasteiger partial charge >= 0.3 is 0 Å². The molecule has 0 spiro atoms. The number of sulfonamides is 1. The predicted octanol–water partition coefficient (Wildman–Crippen LogP) is 3.76. The lowest BCUT2D eigenvalue weighted by atomic mass is 10.2. The number of nitrogens with zero attached hydrogens (tertiary/aromatic N) is 2. The van der Waals surface area contributed by atoms with Crippen molar-refractivity contribution in [1.29, 1.82) is 0 Å². The number of hydrogen-bond acceptors (Lipinski definition) is 6. The highest BCUT2D eigenvalue weighted by molar-refractivity contribution is 7.89. The molecule has 0 radical (unpaired) electrons. The van der Waals surface area contributed by atoms with Crippen molar-refractivity contribution >= 4 is 39.0 Å². The number of anilines is 1. The molecule has 1 aliphatic heterocycles. The van der Waals surface area contributed by atoms with Gasteiger partial charge in [-0.1, -0.05) is 0 Å². The fourth-order valence-electron chi connectivity index (χ4n) is 3.14. The third-order valence-corrected chi connectivity index (χ3v) is 7.63. The normalized spacial score (nSPS) is 15.1. The summed E-state index contributed by atoms with van der Waals surface area (Å²) in [7, 11) is -4.06. The number of rotatable bonds is 6. The van der Waals surface area contributed by atoms with Crippen LogP contribution in [0.5, 0.6) is 0 Å². The molecule has 1 aromatic heterocycles. The number of carbonyl (C=O) groups is 1. The van der Waals surface area contributed by atoms with E-state index in [0.717, 1.165) is 22.0 Å². The molecule has 3 aromatic rings. The number of amides is 1. The van der Waals surface area contributed by atoms with Gasteiger partial charge in [-0.2, -0.15) is 4.31 Å². The number of nitrogens with one attached hydrogen (secondary N) is 1. The van der Waals surface area contributed by atoms with Crippen LogP contribution in [-0.4, -0.2) is 49.9 Å². The van der Waals surface area contributed by atoms with E-state index in [-0.39, 0.29) is 37.8 Å². The van der Waals surface area contributed by atoms with Crippen LogP contribution in [0.3, 0.4) is 0 Å². The Labute approximate surface area is 193 Å². The second-order valence-electron chi connectivity index (χ2n) is 7.07. The van der Waals surface area contributed by atoms with E-state index in [1.807, 2.05) is 0 Å². The molecule has 0 aliphatic carbocycles. The number of halogens is 2. The standard InChI is InChI=1S/C22H19F2N3O4S2/c23-16-3-1-15(2-4-16)22-26-18(14-32-22)6-8-21(28)25-17-5-7-19(24)20(13-17)33(29,30)27-9-11-31-12-10-27/h1-8,13-14H,9-12H2,(H,25,28)/b8-6+. The third-order valence-electron chi connectivity index (χ3n) is 4.81. The quantitative estimate of drug-likeness (QED) is 0.531. The van der Waals surface area contributed by atoms with Crippen molar-refractivity contribution in [1.82, 2.24) is 9.29 Å². The summed E-state index contributed by atoms with van der Waals surface area (Å²) in [6, 6.07) is 9.31. The lowest BCUT2D eigenvalue weighted by Gasteiger charge is -2.26. The van der Waals surface area contributed by atoms with Crippen LogP contribution in [-0.2, 0) is 19.6 Å². The predicted molar refractivity (Wildman–Crippen MR) is 121 cm³/mol. The number of benzene rings is 2. The molecule has 0 saturated carbocycles. The van der Waals surface area contributed by atoms with Crippen molar-refractivity contribution in [3.8, 4) is 10.6 Å². The minimum atomic E-state index is -4.06. The van der Waals surface area contributed by atoms with Crippen LogP contribution in [0.15, 0.2) is 58.8 Å². The van der Waals surface area contributed by atoms with Gasteiger partial charge < -0.3 is 10.1 Å². The van der Waals surface area contributed by atoms with Gasteiger partial charge in [-0.3, -0.25) is 4.79 Å². The molecule has 1 amide bonds.